The first kappa shape index (κ1) is 33.3. The van der Waals surface area contributed by atoms with Crippen molar-refractivity contribution >= 4 is 17.9 Å². The molecule has 6 rings (SSSR count). The molecule has 0 amide bonds. The average Bonchev–Trinajstić information content (AvgIpc) is 3.56. The second-order valence-corrected chi connectivity index (χ2v) is 18.7. The molecule has 13 atom stereocenters. The molecule has 6 aliphatic rings. The van der Waals surface area contributed by atoms with Gasteiger partial charge in [0.1, 0.15) is 12.2 Å². The van der Waals surface area contributed by atoms with Crippen LogP contribution in [-0.2, 0) is 28.6 Å². The molecule has 5 saturated carbocycles. The molecular formula is C38H60O7. The molecule has 7 nitrogen and oxygen atoms in total. The number of carboxylic acids is 1. The lowest BCUT2D eigenvalue weighted by Crippen LogP contribution is -2.59. The van der Waals surface area contributed by atoms with Gasteiger partial charge >= 0.3 is 17.9 Å². The Kier molecular flexibility index (Phi) is 7.72. The van der Waals surface area contributed by atoms with Crippen molar-refractivity contribution in [1.29, 1.82) is 0 Å². The normalized spacial score (nSPS) is 48.4. The van der Waals surface area contributed by atoms with Crippen molar-refractivity contribution in [3.8, 4) is 0 Å². The topological polar surface area (TPSA) is 99.1 Å². The van der Waals surface area contributed by atoms with Crippen LogP contribution < -0.4 is 0 Å². The van der Waals surface area contributed by atoms with Gasteiger partial charge < -0.3 is 19.3 Å². The van der Waals surface area contributed by atoms with Crippen molar-refractivity contribution in [1.82, 2.24) is 0 Å². The summed E-state index contributed by atoms with van der Waals surface area (Å²) in [6.07, 6.45) is 8.51. The molecular weight excluding hydrogens is 568 g/mol. The number of carbonyl (C=O) groups is 3. The monoisotopic (exact) mass is 628 g/mol. The minimum Gasteiger partial charge on any atom is -0.481 e. The van der Waals surface area contributed by atoms with E-state index in [9.17, 15) is 14.4 Å². The van der Waals surface area contributed by atoms with Crippen LogP contribution in [0.5, 0.6) is 0 Å². The lowest BCUT2D eigenvalue weighted by molar-refractivity contribution is -0.198. The predicted octanol–water partition coefficient (Wildman–Crippen LogP) is 7.83. The van der Waals surface area contributed by atoms with E-state index in [4.69, 9.17) is 19.3 Å². The molecule has 2 spiro atoms. The van der Waals surface area contributed by atoms with E-state index in [0.29, 0.717) is 40.4 Å². The van der Waals surface area contributed by atoms with Gasteiger partial charge in [0.15, 0.2) is 0 Å². The van der Waals surface area contributed by atoms with Crippen LogP contribution in [-0.4, -0.2) is 47.4 Å². The first-order valence-corrected chi connectivity index (χ1v) is 18.0. The maximum absolute atomic E-state index is 12.6. The Morgan fingerprint density at radius 1 is 0.933 bits per heavy atom. The van der Waals surface area contributed by atoms with Crippen molar-refractivity contribution in [2.45, 2.75) is 158 Å². The first-order chi connectivity index (χ1) is 20.8. The van der Waals surface area contributed by atoms with Crippen molar-refractivity contribution < 1.29 is 33.7 Å². The molecule has 1 aliphatic heterocycles. The van der Waals surface area contributed by atoms with E-state index in [1.165, 1.54) is 32.6 Å². The van der Waals surface area contributed by atoms with Gasteiger partial charge in [-0.05, 0) is 103 Å². The van der Waals surface area contributed by atoms with Crippen LogP contribution in [0.1, 0.15) is 133 Å². The zero-order valence-corrected chi connectivity index (χ0v) is 29.7. The number of carbonyl (C=O) groups excluding carboxylic acids is 2. The van der Waals surface area contributed by atoms with Crippen molar-refractivity contribution in [2.75, 3.05) is 0 Å². The number of hydrogen-bond donors (Lipinski definition) is 1. The summed E-state index contributed by atoms with van der Waals surface area (Å²) in [5.41, 5.74) is 0.662. The van der Waals surface area contributed by atoms with E-state index in [1.807, 2.05) is 0 Å². The van der Waals surface area contributed by atoms with Crippen LogP contribution in [0.25, 0.3) is 0 Å². The molecule has 45 heavy (non-hydrogen) atoms. The summed E-state index contributed by atoms with van der Waals surface area (Å²) in [6, 6.07) is 0. The molecule has 0 bridgehead atoms. The van der Waals surface area contributed by atoms with Crippen LogP contribution in [0, 0.1) is 62.1 Å². The third-order valence-corrected chi connectivity index (χ3v) is 15.6. The third-order valence-electron chi connectivity index (χ3n) is 15.6. The maximum Gasteiger partial charge on any atom is 0.306 e. The number of ether oxygens (including phenoxy) is 3. The quantitative estimate of drug-likeness (QED) is 0.299. The first-order valence-electron chi connectivity index (χ1n) is 18.0. The highest BCUT2D eigenvalue weighted by Crippen LogP contribution is 2.89. The summed E-state index contributed by atoms with van der Waals surface area (Å²) in [5.74, 6) is 0.990. The molecule has 1 unspecified atom stereocenters. The smallest absolute Gasteiger partial charge is 0.306 e. The molecule has 7 heteroatoms. The van der Waals surface area contributed by atoms with Crippen LogP contribution in [0.3, 0.4) is 0 Å². The van der Waals surface area contributed by atoms with E-state index < -0.39 is 5.97 Å². The van der Waals surface area contributed by atoms with Crippen molar-refractivity contribution in [3.05, 3.63) is 0 Å². The predicted molar refractivity (Wildman–Crippen MR) is 171 cm³/mol. The largest absolute Gasteiger partial charge is 0.481 e. The minimum atomic E-state index is -0.959. The standard InChI is InChI=1S/C38H60O7/c1-21-19-24(32(33(4,5)6)43-23(3)39)44-31-22(2)36(10)26-12-11-25-34(7,8)27(45-29(42)14-13-28(40)41)15-16-37(25)20-38(26,37)18-17-35(36,9)30(21)31/h21-22,24-27,30-32H,11-20H2,1-10H3,(H,40,41)/t21-,22+,24-,25-,26+,27?,30+,31-,32+,35-,36+,37-,38+/m1/s1. The number of hydrogen-bond acceptors (Lipinski definition) is 6. The molecule has 1 saturated heterocycles. The highest BCUT2D eigenvalue weighted by molar-refractivity contribution is 5.76. The average molecular weight is 629 g/mol. The lowest BCUT2D eigenvalue weighted by atomic mass is 9.40. The fraction of sp³-hybridized carbons (Fsp3) is 0.921. The maximum atomic E-state index is 12.6. The highest BCUT2D eigenvalue weighted by Gasteiger charge is 2.84. The fourth-order valence-electron chi connectivity index (χ4n) is 13.6. The van der Waals surface area contributed by atoms with Gasteiger partial charge in [0, 0.05) is 17.8 Å². The number of aliphatic carboxylic acids is 1. The molecule has 0 aromatic heterocycles. The second kappa shape index (κ2) is 10.4. The SMILES string of the molecule is CC(=O)O[C@@H]([C@H]1C[C@@H](C)[C@H]2[C@H](O1)[C@H](C)[C@@]1(C)[C@@H]3CC[C@@H]4C(C)(C)C(OC(=O)CCC(=O)O)CC[C@@]45C[C@@]35CC[C@]21C)C(C)(C)C. The van der Waals surface area contributed by atoms with E-state index in [0.717, 1.165) is 25.7 Å². The molecule has 1 N–H and O–H groups in total. The highest BCUT2D eigenvalue weighted by atomic mass is 16.6. The number of esters is 2. The molecule has 1 heterocycles. The molecule has 5 aliphatic carbocycles. The van der Waals surface area contributed by atoms with Crippen LogP contribution >= 0.6 is 0 Å². The van der Waals surface area contributed by atoms with E-state index >= 15 is 0 Å². The van der Waals surface area contributed by atoms with Gasteiger partial charge in [0.25, 0.3) is 0 Å². The molecule has 0 aromatic carbocycles. The Morgan fingerprint density at radius 3 is 2.20 bits per heavy atom. The number of carboxylic acid groups (broad SMARTS) is 1. The Bertz CT molecular complexity index is 1230. The van der Waals surface area contributed by atoms with Crippen molar-refractivity contribution in [2.24, 2.45) is 62.1 Å². The summed E-state index contributed by atoms with van der Waals surface area (Å²) in [7, 11) is 0. The molecule has 0 aromatic rings. The summed E-state index contributed by atoms with van der Waals surface area (Å²) in [4.78, 5) is 35.8. The summed E-state index contributed by atoms with van der Waals surface area (Å²) < 4.78 is 19.2. The second-order valence-electron chi connectivity index (χ2n) is 18.7. The number of fused-ring (bicyclic) bond motifs is 4. The molecule has 0 radical (unpaired) electrons. The van der Waals surface area contributed by atoms with E-state index in [2.05, 4.69) is 62.3 Å². The zero-order valence-electron chi connectivity index (χ0n) is 29.7. The van der Waals surface area contributed by atoms with E-state index in [1.54, 1.807) is 0 Å². The van der Waals surface area contributed by atoms with Gasteiger partial charge in [-0.25, -0.2) is 0 Å². The minimum absolute atomic E-state index is 0.0559. The Morgan fingerprint density at radius 2 is 1.58 bits per heavy atom. The Hall–Kier alpha value is -1.63. The summed E-state index contributed by atoms with van der Waals surface area (Å²) in [6.45, 7) is 22.8. The molecule has 254 valence electrons. The van der Waals surface area contributed by atoms with Gasteiger partial charge in [-0.15, -0.1) is 0 Å². The summed E-state index contributed by atoms with van der Waals surface area (Å²) in [5, 5.41) is 9.05. The Labute approximate surface area is 271 Å². The van der Waals surface area contributed by atoms with Gasteiger partial charge in [-0.3, -0.25) is 14.4 Å². The van der Waals surface area contributed by atoms with Crippen molar-refractivity contribution in [3.63, 3.8) is 0 Å². The van der Waals surface area contributed by atoms with Gasteiger partial charge in [0.05, 0.1) is 25.0 Å². The van der Waals surface area contributed by atoms with Gasteiger partial charge in [-0.1, -0.05) is 62.3 Å². The Balaban J connectivity index is 1.26. The van der Waals surface area contributed by atoms with Crippen LogP contribution in [0.15, 0.2) is 0 Å². The summed E-state index contributed by atoms with van der Waals surface area (Å²) >= 11 is 0. The third kappa shape index (κ3) is 4.54. The van der Waals surface area contributed by atoms with E-state index in [-0.39, 0.29) is 70.9 Å². The lowest BCUT2D eigenvalue weighted by Gasteiger charge is -2.64. The number of rotatable bonds is 6. The van der Waals surface area contributed by atoms with Gasteiger partial charge in [0.2, 0.25) is 0 Å². The fourth-order valence-corrected chi connectivity index (χ4v) is 13.6. The molecule has 6 fully saturated rings. The van der Waals surface area contributed by atoms with Gasteiger partial charge in [-0.2, -0.15) is 0 Å². The van der Waals surface area contributed by atoms with Crippen LogP contribution in [0.2, 0.25) is 0 Å². The zero-order chi connectivity index (χ0) is 33.1. The van der Waals surface area contributed by atoms with Crippen LogP contribution in [0.4, 0.5) is 0 Å².